The zero-order valence-electron chi connectivity index (χ0n) is 12.3. The van der Waals surface area contributed by atoms with E-state index in [1.54, 1.807) is 48.5 Å². The Kier molecular flexibility index (Phi) is 3.87. The van der Waals surface area contributed by atoms with Crippen molar-refractivity contribution in [3.05, 3.63) is 60.2 Å². The van der Waals surface area contributed by atoms with Crippen molar-refractivity contribution in [2.75, 3.05) is 0 Å². The van der Waals surface area contributed by atoms with E-state index in [9.17, 15) is 13.2 Å². The van der Waals surface area contributed by atoms with Gasteiger partial charge in [0.1, 0.15) is 5.52 Å². The highest BCUT2D eigenvalue weighted by Gasteiger charge is 2.24. The third-order valence-corrected chi connectivity index (χ3v) is 4.84. The molecule has 0 aliphatic heterocycles. The zero-order chi connectivity index (χ0) is 16.4. The van der Waals surface area contributed by atoms with Gasteiger partial charge in [-0.25, -0.2) is 13.2 Å². The van der Waals surface area contributed by atoms with Gasteiger partial charge in [-0.3, -0.25) is 0 Å². The van der Waals surface area contributed by atoms with E-state index >= 15 is 0 Å². The minimum atomic E-state index is -3.68. The highest BCUT2D eigenvalue weighted by Crippen LogP contribution is 2.24. The summed E-state index contributed by atoms with van der Waals surface area (Å²) in [6, 6.07) is 15.6. The number of fused-ring (bicyclic) bond motifs is 1. The Morgan fingerprint density at radius 3 is 2.43 bits per heavy atom. The number of rotatable bonds is 4. The van der Waals surface area contributed by atoms with Crippen LogP contribution in [-0.2, 0) is 20.4 Å². The predicted octanol–water partition coefficient (Wildman–Crippen LogP) is 1.99. The average Bonchev–Trinajstić information content (AvgIpc) is 2.87. The Hall–Kier alpha value is -2.67. The molecule has 0 saturated carbocycles. The maximum atomic E-state index is 12.7. The Morgan fingerprint density at radius 2 is 1.74 bits per heavy atom. The van der Waals surface area contributed by atoms with Crippen LogP contribution in [0.1, 0.15) is 12.5 Å². The number of carbonyl (C=O) groups is 1. The van der Waals surface area contributed by atoms with Crippen molar-refractivity contribution in [1.29, 1.82) is 0 Å². The van der Waals surface area contributed by atoms with Crippen LogP contribution in [0.15, 0.2) is 59.6 Å². The number of hydrogen-bond acceptors (Lipinski definition) is 5. The van der Waals surface area contributed by atoms with Crippen molar-refractivity contribution in [2.24, 2.45) is 0 Å². The number of benzene rings is 2. The molecule has 0 unspecified atom stereocenters. The Labute approximate surface area is 133 Å². The molecule has 0 amide bonds. The Bertz CT molecular complexity index is 962. The molecule has 3 aromatic rings. The molecule has 0 aliphatic rings. The van der Waals surface area contributed by atoms with Crippen molar-refractivity contribution < 1.29 is 18.0 Å². The molecule has 23 heavy (non-hydrogen) atoms. The maximum Gasteiger partial charge on any atom is 0.331 e. The van der Waals surface area contributed by atoms with Gasteiger partial charge in [0.15, 0.2) is 5.03 Å². The van der Waals surface area contributed by atoms with Crippen LogP contribution < -0.4 is 4.84 Å². The number of sulfone groups is 1. The number of hydrogen-bond donors (Lipinski definition) is 0. The van der Waals surface area contributed by atoms with Gasteiger partial charge in [0.25, 0.3) is 0 Å². The summed E-state index contributed by atoms with van der Waals surface area (Å²) in [6.45, 7) is 1.23. The highest BCUT2D eigenvalue weighted by atomic mass is 32.2. The molecule has 6 nitrogen and oxygen atoms in total. The zero-order valence-corrected chi connectivity index (χ0v) is 13.2. The van der Waals surface area contributed by atoms with E-state index in [1.807, 2.05) is 6.07 Å². The van der Waals surface area contributed by atoms with Crippen LogP contribution >= 0.6 is 0 Å². The molecular formula is C16H14N2O4S. The number of aromatic nitrogens is 2. The van der Waals surface area contributed by atoms with Gasteiger partial charge in [0.05, 0.1) is 5.75 Å². The summed E-state index contributed by atoms with van der Waals surface area (Å²) < 4.78 is 25.4. The Balaban J connectivity index is 2.10. The summed E-state index contributed by atoms with van der Waals surface area (Å²) in [7, 11) is -3.68. The first-order valence-corrected chi connectivity index (χ1v) is 8.56. The number of para-hydroxylation sites is 1. The lowest BCUT2D eigenvalue weighted by atomic mass is 10.2. The SMILES string of the molecule is CC(=O)On1nc(S(=O)(=O)Cc2ccccc2)c2ccccc21. The molecule has 7 heteroatoms. The van der Waals surface area contributed by atoms with Crippen LogP contribution in [0.2, 0.25) is 0 Å². The molecule has 1 aromatic heterocycles. The van der Waals surface area contributed by atoms with Crippen molar-refractivity contribution in [3.8, 4) is 0 Å². The molecule has 0 bridgehead atoms. The second-order valence-corrected chi connectivity index (χ2v) is 6.93. The fraction of sp³-hybridized carbons (Fsp3) is 0.125. The lowest BCUT2D eigenvalue weighted by Gasteiger charge is -2.02. The fourth-order valence-corrected chi connectivity index (χ4v) is 3.77. The molecule has 118 valence electrons. The van der Waals surface area contributed by atoms with E-state index in [-0.39, 0.29) is 10.8 Å². The van der Waals surface area contributed by atoms with E-state index in [0.717, 1.165) is 4.85 Å². The van der Waals surface area contributed by atoms with Gasteiger partial charge < -0.3 is 4.84 Å². The van der Waals surface area contributed by atoms with E-state index in [0.29, 0.717) is 16.5 Å². The van der Waals surface area contributed by atoms with Gasteiger partial charge in [-0.2, -0.15) is 0 Å². The van der Waals surface area contributed by atoms with E-state index in [1.165, 1.54) is 6.92 Å². The molecule has 0 aliphatic carbocycles. The number of nitrogens with zero attached hydrogens (tertiary/aromatic N) is 2. The topological polar surface area (TPSA) is 78.3 Å². The Morgan fingerprint density at radius 1 is 1.09 bits per heavy atom. The summed E-state index contributed by atoms with van der Waals surface area (Å²) in [5, 5.41) is 4.31. The minimum Gasteiger partial charge on any atom is -0.319 e. The molecule has 0 radical (unpaired) electrons. The summed E-state index contributed by atoms with van der Waals surface area (Å²) in [6.07, 6.45) is 0. The molecule has 3 rings (SSSR count). The molecule has 0 spiro atoms. The van der Waals surface area contributed by atoms with Crippen molar-refractivity contribution >= 4 is 26.7 Å². The van der Waals surface area contributed by atoms with Crippen LogP contribution in [0.5, 0.6) is 0 Å². The monoisotopic (exact) mass is 330 g/mol. The first kappa shape index (κ1) is 15.2. The van der Waals surface area contributed by atoms with Gasteiger partial charge in [-0.15, -0.1) is 5.10 Å². The molecule has 0 N–H and O–H groups in total. The smallest absolute Gasteiger partial charge is 0.319 e. The summed E-state index contributed by atoms with van der Waals surface area (Å²) in [5.41, 5.74) is 1.09. The van der Waals surface area contributed by atoms with Crippen LogP contribution in [0.25, 0.3) is 10.9 Å². The maximum absolute atomic E-state index is 12.7. The normalized spacial score (nSPS) is 11.5. The predicted molar refractivity (Wildman–Crippen MR) is 84.3 cm³/mol. The summed E-state index contributed by atoms with van der Waals surface area (Å²) in [4.78, 5) is 17.1. The third kappa shape index (κ3) is 3.09. The molecule has 2 aromatic carbocycles. The van der Waals surface area contributed by atoms with Crippen LogP contribution in [0, 0.1) is 0 Å². The van der Waals surface area contributed by atoms with Gasteiger partial charge in [-0.05, 0) is 17.7 Å². The summed E-state index contributed by atoms with van der Waals surface area (Å²) >= 11 is 0. The minimum absolute atomic E-state index is 0.0989. The van der Waals surface area contributed by atoms with Crippen molar-refractivity contribution in [1.82, 2.24) is 9.94 Å². The second-order valence-electron chi connectivity index (χ2n) is 5.02. The van der Waals surface area contributed by atoms with Crippen LogP contribution in [-0.4, -0.2) is 24.3 Å². The van der Waals surface area contributed by atoms with Gasteiger partial charge in [0, 0.05) is 12.3 Å². The summed E-state index contributed by atoms with van der Waals surface area (Å²) in [5.74, 6) is -0.750. The average molecular weight is 330 g/mol. The molecular weight excluding hydrogens is 316 g/mol. The van der Waals surface area contributed by atoms with E-state index < -0.39 is 15.8 Å². The highest BCUT2D eigenvalue weighted by molar-refractivity contribution is 7.90. The number of carbonyl (C=O) groups excluding carboxylic acids is 1. The largest absolute Gasteiger partial charge is 0.331 e. The van der Waals surface area contributed by atoms with Gasteiger partial charge in [0.2, 0.25) is 9.84 Å². The van der Waals surface area contributed by atoms with Crippen molar-refractivity contribution in [3.63, 3.8) is 0 Å². The van der Waals surface area contributed by atoms with Crippen LogP contribution in [0.4, 0.5) is 0 Å². The van der Waals surface area contributed by atoms with Gasteiger partial charge >= 0.3 is 5.97 Å². The molecule has 0 atom stereocenters. The standard InChI is InChI=1S/C16H14N2O4S/c1-12(19)22-18-15-10-6-5-9-14(15)16(17-18)23(20,21)11-13-7-3-2-4-8-13/h2-10H,11H2,1H3. The van der Waals surface area contributed by atoms with Crippen LogP contribution in [0.3, 0.4) is 0 Å². The van der Waals surface area contributed by atoms with Gasteiger partial charge in [-0.1, -0.05) is 47.3 Å². The molecule has 0 saturated heterocycles. The first-order valence-electron chi connectivity index (χ1n) is 6.91. The lowest BCUT2D eigenvalue weighted by Crippen LogP contribution is -2.18. The molecule has 1 heterocycles. The fourth-order valence-electron chi connectivity index (χ4n) is 2.29. The lowest BCUT2D eigenvalue weighted by molar-refractivity contribution is -0.142. The van der Waals surface area contributed by atoms with E-state index in [4.69, 9.17) is 4.84 Å². The van der Waals surface area contributed by atoms with Crippen molar-refractivity contribution in [2.45, 2.75) is 17.7 Å². The first-order chi connectivity index (χ1) is 11.0. The second kappa shape index (κ2) is 5.85. The van der Waals surface area contributed by atoms with E-state index in [2.05, 4.69) is 5.10 Å². The quantitative estimate of drug-likeness (QED) is 0.731. The third-order valence-electron chi connectivity index (χ3n) is 3.23. The molecule has 0 fully saturated rings.